The summed E-state index contributed by atoms with van der Waals surface area (Å²) in [6.07, 6.45) is 2.88. The summed E-state index contributed by atoms with van der Waals surface area (Å²) in [5, 5.41) is 3.98. The Bertz CT molecular complexity index is 241. The molecule has 0 amide bonds. The van der Waals surface area contributed by atoms with E-state index in [1.165, 1.54) is 6.42 Å². The van der Waals surface area contributed by atoms with Gasteiger partial charge >= 0.3 is 0 Å². The van der Waals surface area contributed by atoms with Crippen LogP contribution in [0.3, 0.4) is 0 Å². The molecule has 0 spiro atoms. The van der Waals surface area contributed by atoms with Crippen molar-refractivity contribution < 1.29 is 0 Å². The Morgan fingerprint density at radius 3 is 2.82 bits per heavy atom. The molecule has 2 heterocycles. The number of hydrogen-bond acceptors (Lipinski definition) is 2. The third-order valence-corrected chi connectivity index (χ3v) is 2.15. The Morgan fingerprint density at radius 2 is 2.36 bits per heavy atom. The van der Waals surface area contributed by atoms with Gasteiger partial charge in [-0.2, -0.15) is 0 Å². The molecule has 0 saturated carbocycles. The highest BCUT2D eigenvalue weighted by molar-refractivity contribution is 6.30. The van der Waals surface area contributed by atoms with E-state index in [1.54, 1.807) is 6.20 Å². The van der Waals surface area contributed by atoms with Gasteiger partial charge in [-0.25, -0.2) is 0 Å². The lowest BCUT2D eigenvalue weighted by Crippen LogP contribution is -2.35. The van der Waals surface area contributed by atoms with Crippen LogP contribution >= 0.6 is 11.6 Å². The molecule has 2 rings (SSSR count). The van der Waals surface area contributed by atoms with E-state index < -0.39 is 0 Å². The summed E-state index contributed by atoms with van der Waals surface area (Å²) >= 11 is 5.69. The van der Waals surface area contributed by atoms with Gasteiger partial charge in [-0.1, -0.05) is 11.6 Å². The highest BCUT2D eigenvalue weighted by Crippen LogP contribution is 2.21. The zero-order valence-corrected chi connectivity index (χ0v) is 6.80. The van der Waals surface area contributed by atoms with E-state index >= 15 is 0 Å². The average Bonchev–Trinajstić information content (AvgIpc) is 1.90. The van der Waals surface area contributed by atoms with Crippen molar-refractivity contribution in [3.8, 4) is 0 Å². The van der Waals surface area contributed by atoms with Crippen LogP contribution in [0.1, 0.15) is 18.2 Å². The van der Waals surface area contributed by atoms with Gasteiger partial charge in [0.2, 0.25) is 0 Å². The van der Waals surface area contributed by atoms with Gasteiger partial charge < -0.3 is 5.32 Å². The van der Waals surface area contributed by atoms with Crippen molar-refractivity contribution in [3.63, 3.8) is 0 Å². The minimum atomic E-state index is 0.465. The van der Waals surface area contributed by atoms with E-state index in [0.29, 0.717) is 11.1 Å². The lowest BCUT2D eigenvalue weighted by molar-refractivity contribution is 0.375. The van der Waals surface area contributed by atoms with Gasteiger partial charge in [-0.15, -0.1) is 0 Å². The molecule has 1 fully saturated rings. The summed E-state index contributed by atoms with van der Waals surface area (Å²) in [7, 11) is 0. The highest BCUT2D eigenvalue weighted by atomic mass is 35.5. The first-order valence-electron chi connectivity index (χ1n) is 3.71. The van der Waals surface area contributed by atoms with E-state index in [0.717, 1.165) is 12.2 Å². The quantitative estimate of drug-likeness (QED) is 0.692. The molecule has 1 aromatic heterocycles. The predicted molar refractivity (Wildman–Crippen MR) is 44.6 cm³/mol. The molecule has 1 atom stereocenters. The van der Waals surface area contributed by atoms with Crippen molar-refractivity contribution in [2.75, 3.05) is 6.54 Å². The van der Waals surface area contributed by atoms with Crippen molar-refractivity contribution in [1.82, 2.24) is 10.3 Å². The Hall–Kier alpha value is -0.600. The second-order valence-electron chi connectivity index (χ2n) is 2.70. The third kappa shape index (κ3) is 1.37. The molecule has 3 heteroatoms. The predicted octanol–water partition coefficient (Wildman–Crippen LogP) is 1.77. The minimum Gasteiger partial charge on any atom is -0.309 e. The van der Waals surface area contributed by atoms with E-state index in [4.69, 9.17) is 11.6 Å². The second kappa shape index (κ2) is 2.80. The molecule has 58 valence electrons. The zero-order chi connectivity index (χ0) is 7.68. The molecule has 2 nitrogen and oxygen atoms in total. The van der Waals surface area contributed by atoms with E-state index in [2.05, 4.69) is 10.3 Å². The smallest absolute Gasteiger partial charge is 0.0589 e. The molecule has 0 unspecified atom stereocenters. The van der Waals surface area contributed by atoms with Crippen LogP contribution in [-0.4, -0.2) is 11.5 Å². The average molecular weight is 169 g/mol. The first-order chi connectivity index (χ1) is 5.36. The molecule has 0 aromatic carbocycles. The normalized spacial score (nSPS) is 22.8. The topological polar surface area (TPSA) is 24.9 Å². The number of aromatic nitrogens is 1. The van der Waals surface area contributed by atoms with Crippen molar-refractivity contribution in [1.29, 1.82) is 0 Å². The second-order valence-corrected chi connectivity index (χ2v) is 3.13. The van der Waals surface area contributed by atoms with Crippen LogP contribution < -0.4 is 5.32 Å². The Morgan fingerprint density at radius 1 is 1.55 bits per heavy atom. The maximum atomic E-state index is 5.69. The summed E-state index contributed by atoms with van der Waals surface area (Å²) in [6, 6.07) is 4.32. The lowest BCUT2D eigenvalue weighted by atomic mass is 10.0. The maximum Gasteiger partial charge on any atom is 0.0589 e. The summed E-state index contributed by atoms with van der Waals surface area (Å²) in [5.74, 6) is 0. The van der Waals surface area contributed by atoms with Gasteiger partial charge in [-0.05, 0) is 25.1 Å². The standard InChI is InChI=1S/C8H9ClN2/c9-6-1-2-7(11-5-6)8-3-4-10-8/h1-2,5,8,10H,3-4H2/t8-/m0/s1. The molecule has 1 aliphatic heterocycles. The molecular weight excluding hydrogens is 160 g/mol. The van der Waals surface area contributed by atoms with Crippen LogP contribution in [0.15, 0.2) is 18.3 Å². The molecule has 0 aliphatic carbocycles. The zero-order valence-electron chi connectivity index (χ0n) is 6.05. The summed E-state index contributed by atoms with van der Waals surface area (Å²) in [4.78, 5) is 4.21. The van der Waals surface area contributed by atoms with Gasteiger partial charge in [0.25, 0.3) is 0 Å². The number of rotatable bonds is 1. The fourth-order valence-corrected chi connectivity index (χ4v) is 1.25. The van der Waals surface area contributed by atoms with E-state index in [9.17, 15) is 0 Å². The Kier molecular flexibility index (Phi) is 1.80. The van der Waals surface area contributed by atoms with Crippen molar-refractivity contribution in [2.24, 2.45) is 0 Å². The SMILES string of the molecule is Clc1ccc([C@@H]2CCN2)nc1. The molecule has 1 aliphatic rings. The van der Waals surface area contributed by atoms with Crippen LogP contribution in [0.2, 0.25) is 5.02 Å². The molecular formula is C8H9ClN2. The van der Waals surface area contributed by atoms with Gasteiger partial charge in [-0.3, -0.25) is 4.98 Å². The van der Waals surface area contributed by atoms with Gasteiger partial charge in [0.15, 0.2) is 0 Å². The van der Waals surface area contributed by atoms with Crippen molar-refractivity contribution >= 4 is 11.6 Å². The van der Waals surface area contributed by atoms with Crippen LogP contribution in [-0.2, 0) is 0 Å². The van der Waals surface area contributed by atoms with Crippen LogP contribution in [0.4, 0.5) is 0 Å². The van der Waals surface area contributed by atoms with E-state index in [1.807, 2.05) is 12.1 Å². The maximum absolute atomic E-state index is 5.69. The first-order valence-corrected chi connectivity index (χ1v) is 4.09. The van der Waals surface area contributed by atoms with Crippen LogP contribution in [0.25, 0.3) is 0 Å². The minimum absolute atomic E-state index is 0.465. The number of nitrogens with zero attached hydrogens (tertiary/aromatic N) is 1. The van der Waals surface area contributed by atoms with Crippen molar-refractivity contribution in [3.05, 3.63) is 29.0 Å². The fraction of sp³-hybridized carbons (Fsp3) is 0.375. The molecule has 0 bridgehead atoms. The molecule has 11 heavy (non-hydrogen) atoms. The summed E-state index contributed by atoms with van der Waals surface area (Å²) in [6.45, 7) is 1.11. The lowest BCUT2D eigenvalue weighted by Gasteiger charge is -2.26. The van der Waals surface area contributed by atoms with Crippen LogP contribution in [0, 0.1) is 0 Å². The summed E-state index contributed by atoms with van der Waals surface area (Å²) < 4.78 is 0. The third-order valence-electron chi connectivity index (χ3n) is 1.93. The monoisotopic (exact) mass is 168 g/mol. The molecule has 0 radical (unpaired) electrons. The number of pyridine rings is 1. The molecule has 1 aromatic rings. The van der Waals surface area contributed by atoms with Gasteiger partial charge in [0.1, 0.15) is 0 Å². The van der Waals surface area contributed by atoms with E-state index in [-0.39, 0.29) is 0 Å². The van der Waals surface area contributed by atoms with Crippen molar-refractivity contribution in [2.45, 2.75) is 12.5 Å². The fourth-order valence-electron chi connectivity index (χ4n) is 1.13. The number of nitrogens with one attached hydrogen (secondary N) is 1. The van der Waals surface area contributed by atoms with Gasteiger partial charge in [0.05, 0.1) is 16.8 Å². The first kappa shape index (κ1) is 7.07. The Labute approximate surface area is 70.6 Å². The van der Waals surface area contributed by atoms with Crippen LogP contribution in [0.5, 0.6) is 0 Å². The number of halogens is 1. The Balaban J connectivity index is 2.18. The molecule has 1 saturated heterocycles. The molecule has 1 N–H and O–H groups in total. The van der Waals surface area contributed by atoms with Gasteiger partial charge in [0, 0.05) is 6.20 Å². The summed E-state index contributed by atoms with van der Waals surface area (Å²) in [5.41, 5.74) is 1.10. The largest absolute Gasteiger partial charge is 0.309 e. The number of hydrogen-bond donors (Lipinski definition) is 1. The highest BCUT2D eigenvalue weighted by Gasteiger charge is 2.18.